The SMILES string of the molecule is CC1(C)c2ccc([nH]2)C(C)(C)c2ccc([nH]2)C(C)(C)c2[nH]c(cc2I)C(C)(C)c2ccc1[nH]2. The average Bonchev–Trinajstić information content (AvgIpc) is 3.53. The Hall–Kier alpha value is -2.15. The van der Waals surface area contributed by atoms with E-state index in [0.29, 0.717) is 0 Å². The molecule has 0 atom stereocenters. The second kappa shape index (κ2) is 6.94. The van der Waals surface area contributed by atoms with Gasteiger partial charge in [-0.25, -0.2) is 0 Å². The van der Waals surface area contributed by atoms with Crippen LogP contribution in [0.1, 0.15) is 101 Å². The lowest BCUT2D eigenvalue weighted by Gasteiger charge is -2.28. The number of aromatic amines is 4. The molecule has 0 fully saturated rings. The van der Waals surface area contributed by atoms with Crippen molar-refractivity contribution in [2.45, 2.75) is 77.0 Å². The lowest BCUT2D eigenvalue weighted by Crippen LogP contribution is -2.26. The Morgan fingerprint density at radius 2 is 0.758 bits per heavy atom. The number of rotatable bonds is 0. The predicted molar refractivity (Wildman–Crippen MR) is 144 cm³/mol. The first kappa shape index (κ1) is 22.6. The Kier molecular flexibility index (Phi) is 4.76. The van der Waals surface area contributed by atoms with Gasteiger partial charge in [0.1, 0.15) is 0 Å². The Labute approximate surface area is 210 Å². The molecule has 0 radical (unpaired) electrons. The van der Waals surface area contributed by atoms with E-state index in [-0.39, 0.29) is 21.7 Å². The molecule has 4 aromatic rings. The van der Waals surface area contributed by atoms with E-state index in [9.17, 15) is 0 Å². The van der Waals surface area contributed by atoms with Gasteiger partial charge in [0.05, 0.1) is 0 Å². The summed E-state index contributed by atoms with van der Waals surface area (Å²) in [6.45, 7) is 18.3. The maximum Gasteiger partial charge on any atom is 0.0458 e. The maximum absolute atomic E-state index is 3.83. The molecule has 0 spiro atoms. The van der Waals surface area contributed by atoms with Gasteiger partial charge < -0.3 is 19.9 Å². The van der Waals surface area contributed by atoms with Gasteiger partial charge >= 0.3 is 0 Å². The van der Waals surface area contributed by atoms with Gasteiger partial charge in [0.15, 0.2) is 0 Å². The molecule has 0 aromatic carbocycles. The molecule has 4 N–H and O–H groups in total. The lowest BCUT2D eigenvalue weighted by molar-refractivity contribution is 0.545. The summed E-state index contributed by atoms with van der Waals surface area (Å²) in [5, 5.41) is 0. The average molecular weight is 555 g/mol. The fourth-order valence-electron chi connectivity index (χ4n) is 5.16. The number of hydrogen-bond donors (Lipinski definition) is 4. The van der Waals surface area contributed by atoms with Crippen molar-refractivity contribution in [1.82, 2.24) is 19.9 Å². The number of nitrogens with one attached hydrogen (secondary N) is 4. The van der Waals surface area contributed by atoms with Crippen LogP contribution in [-0.2, 0) is 21.7 Å². The summed E-state index contributed by atoms with van der Waals surface area (Å²) in [6.07, 6.45) is 0. The van der Waals surface area contributed by atoms with Crippen LogP contribution in [0.4, 0.5) is 0 Å². The van der Waals surface area contributed by atoms with E-state index in [4.69, 9.17) is 0 Å². The summed E-state index contributed by atoms with van der Waals surface area (Å²) in [5.41, 5.74) is 9.07. The van der Waals surface area contributed by atoms with Gasteiger partial charge in [0.2, 0.25) is 0 Å². The number of aromatic nitrogens is 4. The first-order valence-electron chi connectivity index (χ1n) is 11.7. The van der Waals surface area contributed by atoms with Gasteiger partial charge in [-0.15, -0.1) is 0 Å². The van der Waals surface area contributed by atoms with E-state index >= 15 is 0 Å². The highest BCUT2D eigenvalue weighted by molar-refractivity contribution is 14.1. The van der Waals surface area contributed by atoms with Crippen molar-refractivity contribution in [3.05, 3.63) is 91.6 Å². The van der Waals surface area contributed by atoms with Crippen molar-refractivity contribution in [1.29, 1.82) is 0 Å². The van der Waals surface area contributed by atoms with E-state index in [1.54, 1.807) is 0 Å². The van der Waals surface area contributed by atoms with Gasteiger partial charge in [-0.2, -0.15) is 0 Å². The summed E-state index contributed by atoms with van der Waals surface area (Å²) in [6, 6.07) is 15.8. The molecule has 4 nitrogen and oxygen atoms in total. The highest BCUT2D eigenvalue weighted by Gasteiger charge is 2.37. The molecule has 8 bridgehead atoms. The quantitative estimate of drug-likeness (QED) is 0.166. The Bertz CT molecular complexity index is 1340. The molecule has 0 saturated heterocycles. The van der Waals surface area contributed by atoms with Gasteiger partial charge in [-0.05, 0) is 120 Å². The molecule has 5 heterocycles. The minimum absolute atomic E-state index is 0.169. The van der Waals surface area contributed by atoms with E-state index in [1.807, 2.05) is 0 Å². The topological polar surface area (TPSA) is 63.2 Å². The number of hydrogen-bond acceptors (Lipinski definition) is 0. The standard InChI is InChI=1S/C28H35IN4/c1-25(2)17-9-10-18(30-17)26(3,4)20-13-14-22(32-20)28(7,8)24-16(29)15-23(33-24)27(5,6)21-12-11-19(25)31-21/h9-15,30-33H,1-8H3. The predicted octanol–water partition coefficient (Wildman–Crippen LogP) is 7.22. The molecule has 1 aliphatic rings. The van der Waals surface area contributed by atoms with E-state index in [2.05, 4.69) is 140 Å². The molecule has 33 heavy (non-hydrogen) atoms. The highest BCUT2D eigenvalue weighted by Crippen LogP contribution is 2.41. The smallest absolute Gasteiger partial charge is 0.0458 e. The minimum atomic E-state index is -0.181. The molecule has 0 saturated carbocycles. The maximum atomic E-state index is 3.83. The van der Waals surface area contributed by atoms with E-state index in [1.165, 1.54) is 49.1 Å². The third-order valence-electron chi connectivity index (χ3n) is 8.17. The molecule has 0 unspecified atom stereocenters. The summed E-state index contributed by atoms with van der Waals surface area (Å²) in [7, 11) is 0. The summed E-state index contributed by atoms with van der Waals surface area (Å²) in [4.78, 5) is 15.2. The van der Waals surface area contributed by atoms with Crippen LogP contribution in [0.25, 0.3) is 0 Å². The third kappa shape index (κ3) is 3.22. The number of halogens is 1. The lowest BCUT2D eigenvalue weighted by atomic mass is 9.85. The normalized spacial score (nSPS) is 20.0. The van der Waals surface area contributed by atoms with Crippen LogP contribution in [0, 0.1) is 3.57 Å². The molecule has 5 heteroatoms. The van der Waals surface area contributed by atoms with E-state index in [0.717, 1.165) is 0 Å². The van der Waals surface area contributed by atoms with Gasteiger partial charge in [0, 0.05) is 70.8 Å². The fourth-order valence-corrected chi connectivity index (χ4v) is 6.28. The zero-order valence-electron chi connectivity index (χ0n) is 20.9. The second-order valence-corrected chi connectivity index (χ2v) is 12.9. The van der Waals surface area contributed by atoms with Gasteiger partial charge in [0.25, 0.3) is 0 Å². The van der Waals surface area contributed by atoms with Crippen LogP contribution in [0.15, 0.2) is 42.5 Å². The molecule has 4 aromatic heterocycles. The van der Waals surface area contributed by atoms with Crippen LogP contribution < -0.4 is 0 Å². The second-order valence-electron chi connectivity index (χ2n) is 11.8. The molecular formula is C28H35IN4. The van der Waals surface area contributed by atoms with Crippen molar-refractivity contribution in [2.24, 2.45) is 0 Å². The Morgan fingerprint density at radius 3 is 1.12 bits per heavy atom. The molecule has 174 valence electrons. The van der Waals surface area contributed by atoms with Crippen LogP contribution in [0.5, 0.6) is 0 Å². The van der Waals surface area contributed by atoms with Crippen molar-refractivity contribution >= 4 is 22.6 Å². The zero-order chi connectivity index (χ0) is 24.0. The first-order chi connectivity index (χ1) is 15.3. The van der Waals surface area contributed by atoms with Crippen LogP contribution in [0.3, 0.4) is 0 Å². The van der Waals surface area contributed by atoms with E-state index < -0.39 is 0 Å². The molecule has 5 rings (SSSR count). The minimum Gasteiger partial charge on any atom is -0.361 e. The van der Waals surface area contributed by atoms with Crippen molar-refractivity contribution in [3.63, 3.8) is 0 Å². The number of H-pyrrole nitrogens is 4. The van der Waals surface area contributed by atoms with Crippen molar-refractivity contribution in [3.8, 4) is 0 Å². The van der Waals surface area contributed by atoms with Crippen LogP contribution in [0.2, 0.25) is 0 Å². The van der Waals surface area contributed by atoms with Crippen molar-refractivity contribution in [2.75, 3.05) is 0 Å². The van der Waals surface area contributed by atoms with Crippen molar-refractivity contribution < 1.29 is 0 Å². The molecular weight excluding hydrogens is 519 g/mol. The largest absolute Gasteiger partial charge is 0.361 e. The summed E-state index contributed by atoms with van der Waals surface area (Å²) < 4.78 is 1.26. The molecule has 1 aliphatic heterocycles. The van der Waals surface area contributed by atoms with Gasteiger partial charge in [-0.1, -0.05) is 0 Å². The number of fused-ring (bicyclic) bond motifs is 8. The Morgan fingerprint density at radius 1 is 0.455 bits per heavy atom. The monoisotopic (exact) mass is 554 g/mol. The third-order valence-corrected chi connectivity index (χ3v) is 9.02. The fraction of sp³-hybridized carbons (Fsp3) is 0.429. The van der Waals surface area contributed by atoms with Crippen LogP contribution in [-0.4, -0.2) is 19.9 Å². The summed E-state index contributed by atoms with van der Waals surface area (Å²) in [5.74, 6) is 0. The first-order valence-corrected chi connectivity index (χ1v) is 12.8. The Balaban J connectivity index is 1.79. The zero-order valence-corrected chi connectivity index (χ0v) is 23.1. The van der Waals surface area contributed by atoms with Crippen LogP contribution >= 0.6 is 22.6 Å². The molecule has 0 amide bonds. The highest BCUT2D eigenvalue weighted by atomic mass is 127. The van der Waals surface area contributed by atoms with Gasteiger partial charge in [-0.3, -0.25) is 0 Å². The molecule has 0 aliphatic carbocycles. The summed E-state index contributed by atoms with van der Waals surface area (Å²) >= 11 is 2.48.